The fourth-order valence-electron chi connectivity index (χ4n) is 1.40. The highest BCUT2D eigenvalue weighted by Crippen LogP contribution is 2.24. The molecule has 0 aliphatic heterocycles. The van der Waals surface area contributed by atoms with Crippen LogP contribution in [0.4, 0.5) is 5.82 Å². The molecule has 3 heterocycles. The molecule has 90 valence electrons. The lowest BCUT2D eigenvalue weighted by Crippen LogP contribution is -2.10. The minimum atomic E-state index is 0.306. The van der Waals surface area contributed by atoms with Crippen LogP contribution in [-0.4, -0.2) is 34.5 Å². The van der Waals surface area contributed by atoms with Crippen LogP contribution in [0.25, 0.3) is 11.8 Å². The standard InChI is InChI=1S/C9H7BrN8/c10-6-7(11)15-9(17-3-1-2-13-17)16-8(6)18-5-12-4-14-18/h1-5H,(H2,11,15,16). The number of nitrogen functional groups attached to an aromatic ring is 1. The lowest BCUT2D eigenvalue weighted by Gasteiger charge is -2.07. The molecule has 0 atom stereocenters. The number of aromatic nitrogens is 7. The first-order chi connectivity index (χ1) is 8.75. The molecular formula is C9H7BrN8. The van der Waals surface area contributed by atoms with Gasteiger partial charge in [-0.25, -0.2) is 14.3 Å². The van der Waals surface area contributed by atoms with Crippen LogP contribution in [0.1, 0.15) is 0 Å². The predicted octanol–water partition coefficient (Wildman–Crippen LogP) is 0.588. The molecule has 0 aliphatic rings. The molecule has 9 heteroatoms. The highest BCUT2D eigenvalue weighted by molar-refractivity contribution is 9.10. The molecule has 18 heavy (non-hydrogen) atoms. The Labute approximate surface area is 110 Å². The predicted molar refractivity (Wildman–Crippen MR) is 66.2 cm³/mol. The second-order valence-corrected chi connectivity index (χ2v) is 4.13. The van der Waals surface area contributed by atoms with Gasteiger partial charge in [-0.2, -0.15) is 20.2 Å². The highest BCUT2D eigenvalue weighted by atomic mass is 79.9. The van der Waals surface area contributed by atoms with Crippen molar-refractivity contribution in [3.63, 3.8) is 0 Å². The average Bonchev–Trinajstić information content (AvgIpc) is 3.03. The van der Waals surface area contributed by atoms with Crippen molar-refractivity contribution < 1.29 is 0 Å². The van der Waals surface area contributed by atoms with Crippen LogP contribution in [0.3, 0.4) is 0 Å². The molecule has 2 N–H and O–H groups in total. The van der Waals surface area contributed by atoms with E-state index in [9.17, 15) is 0 Å². The Morgan fingerprint density at radius 3 is 2.72 bits per heavy atom. The van der Waals surface area contributed by atoms with Crippen LogP contribution in [0.2, 0.25) is 0 Å². The number of anilines is 1. The van der Waals surface area contributed by atoms with E-state index >= 15 is 0 Å². The SMILES string of the molecule is Nc1nc(-n2cccn2)nc(-n2cncn2)c1Br. The molecule has 0 bridgehead atoms. The van der Waals surface area contributed by atoms with Gasteiger partial charge < -0.3 is 5.73 Å². The summed E-state index contributed by atoms with van der Waals surface area (Å²) >= 11 is 3.33. The molecule has 0 saturated carbocycles. The van der Waals surface area contributed by atoms with Gasteiger partial charge in [0.15, 0.2) is 5.82 Å². The fourth-order valence-corrected chi connectivity index (χ4v) is 1.76. The molecule has 3 aromatic rings. The third-order valence-corrected chi connectivity index (χ3v) is 2.95. The summed E-state index contributed by atoms with van der Waals surface area (Å²) in [7, 11) is 0. The van der Waals surface area contributed by atoms with Crippen molar-refractivity contribution in [1.29, 1.82) is 0 Å². The van der Waals surface area contributed by atoms with Crippen LogP contribution in [0, 0.1) is 0 Å². The number of hydrogen-bond donors (Lipinski definition) is 1. The van der Waals surface area contributed by atoms with E-state index in [1.807, 2.05) is 0 Å². The topological polar surface area (TPSA) is 100 Å². The van der Waals surface area contributed by atoms with Crippen molar-refractivity contribution in [3.8, 4) is 11.8 Å². The van der Waals surface area contributed by atoms with E-state index < -0.39 is 0 Å². The van der Waals surface area contributed by atoms with Crippen LogP contribution < -0.4 is 5.73 Å². The number of rotatable bonds is 2. The lowest BCUT2D eigenvalue weighted by atomic mass is 10.5. The maximum atomic E-state index is 5.83. The Bertz CT molecular complexity index is 660. The molecule has 0 unspecified atom stereocenters. The molecular weight excluding hydrogens is 300 g/mol. The second kappa shape index (κ2) is 4.18. The lowest BCUT2D eigenvalue weighted by molar-refractivity contribution is 0.772. The van der Waals surface area contributed by atoms with Gasteiger partial charge in [0.1, 0.15) is 22.9 Å². The summed E-state index contributed by atoms with van der Waals surface area (Å²) in [6, 6.07) is 1.77. The van der Waals surface area contributed by atoms with Crippen molar-refractivity contribution in [2.45, 2.75) is 0 Å². The summed E-state index contributed by atoms with van der Waals surface area (Å²) in [4.78, 5) is 12.4. The van der Waals surface area contributed by atoms with Gasteiger partial charge in [-0.3, -0.25) is 0 Å². The van der Waals surface area contributed by atoms with Crippen LogP contribution in [-0.2, 0) is 0 Å². The van der Waals surface area contributed by atoms with Gasteiger partial charge in [-0.15, -0.1) is 0 Å². The van der Waals surface area contributed by atoms with Crippen molar-refractivity contribution in [2.75, 3.05) is 5.73 Å². The Morgan fingerprint density at radius 1 is 1.17 bits per heavy atom. The number of hydrogen-bond acceptors (Lipinski definition) is 6. The summed E-state index contributed by atoms with van der Waals surface area (Å²) in [6.45, 7) is 0. The van der Waals surface area contributed by atoms with Gasteiger partial charge in [0.05, 0.1) is 0 Å². The molecule has 0 aromatic carbocycles. The van der Waals surface area contributed by atoms with E-state index in [1.165, 1.54) is 22.0 Å². The Balaban J connectivity index is 2.20. The summed E-state index contributed by atoms with van der Waals surface area (Å²) < 4.78 is 3.57. The molecule has 0 radical (unpaired) electrons. The fraction of sp³-hybridized carbons (Fsp3) is 0. The largest absolute Gasteiger partial charge is 0.383 e. The molecule has 3 aromatic heterocycles. The zero-order chi connectivity index (χ0) is 12.5. The minimum absolute atomic E-state index is 0.306. The molecule has 3 rings (SSSR count). The van der Waals surface area contributed by atoms with Crippen molar-refractivity contribution in [2.24, 2.45) is 0 Å². The molecule has 0 spiro atoms. The van der Waals surface area contributed by atoms with Gasteiger partial charge in [-0.05, 0) is 22.0 Å². The number of nitrogens with two attached hydrogens (primary N) is 1. The van der Waals surface area contributed by atoms with Crippen molar-refractivity contribution in [3.05, 3.63) is 35.6 Å². The van der Waals surface area contributed by atoms with Gasteiger partial charge in [-0.1, -0.05) is 0 Å². The van der Waals surface area contributed by atoms with Crippen LogP contribution in [0.5, 0.6) is 0 Å². The Hall–Kier alpha value is -2.29. The average molecular weight is 307 g/mol. The van der Waals surface area contributed by atoms with Gasteiger partial charge >= 0.3 is 0 Å². The van der Waals surface area contributed by atoms with E-state index in [-0.39, 0.29) is 0 Å². The summed E-state index contributed by atoms with van der Waals surface area (Å²) in [5.74, 6) is 1.18. The zero-order valence-corrected chi connectivity index (χ0v) is 10.6. The third kappa shape index (κ3) is 1.74. The van der Waals surface area contributed by atoms with Crippen molar-refractivity contribution >= 4 is 21.7 Å². The molecule has 0 aliphatic carbocycles. The second-order valence-electron chi connectivity index (χ2n) is 3.34. The maximum absolute atomic E-state index is 5.83. The van der Waals surface area contributed by atoms with E-state index in [2.05, 4.69) is 41.1 Å². The maximum Gasteiger partial charge on any atom is 0.254 e. The van der Waals surface area contributed by atoms with Crippen molar-refractivity contribution in [1.82, 2.24) is 34.5 Å². The van der Waals surface area contributed by atoms with Crippen LogP contribution in [0.15, 0.2) is 35.6 Å². The molecule has 8 nitrogen and oxygen atoms in total. The van der Waals surface area contributed by atoms with E-state index in [4.69, 9.17) is 5.73 Å². The zero-order valence-electron chi connectivity index (χ0n) is 8.97. The number of nitrogens with zero attached hydrogens (tertiary/aromatic N) is 7. The molecule has 0 saturated heterocycles. The first-order valence-corrected chi connectivity index (χ1v) is 5.73. The number of halogens is 1. The highest BCUT2D eigenvalue weighted by Gasteiger charge is 2.13. The third-order valence-electron chi connectivity index (χ3n) is 2.19. The summed E-state index contributed by atoms with van der Waals surface area (Å²) in [5.41, 5.74) is 5.83. The van der Waals surface area contributed by atoms with Gasteiger partial charge in [0.25, 0.3) is 5.95 Å². The quantitative estimate of drug-likeness (QED) is 0.743. The van der Waals surface area contributed by atoms with E-state index in [1.54, 1.807) is 18.5 Å². The molecule has 0 amide bonds. The van der Waals surface area contributed by atoms with Gasteiger partial charge in [0.2, 0.25) is 0 Å². The first-order valence-electron chi connectivity index (χ1n) is 4.94. The first kappa shape index (κ1) is 10.8. The van der Waals surface area contributed by atoms with Gasteiger partial charge in [0, 0.05) is 12.4 Å². The monoisotopic (exact) mass is 306 g/mol. The normalized spacial score (nSPS) is 10.7. The van der Waals surface area contributed by atoms with Crippen LogP contribution >= 0.6 is 15.9 Å². The van der Waals surface area contributed by atoms with E-state index in [0.29, 0.717) is 22.1 Å². The van der Waals surface area contributed by atoms with E-state index in [0.717, 1.165) is 0 Å². The summed E-state index contributed by atoms with van der Waals surface area (Å²) in [6.07, 6.45) is 6.31. The Morgan fingerprint density at radius 2 is 2.06 bits per heavy atom. The Kier molecular flexibility index (Phi) is 2.52. The smallest absolute Gasteiger partial charge is 0.254 e. The minimum Gasteiger partial charge on any atom is -0.383 e. The molecule has 0 fully saturated rings. The summed E-state index contributed by atoms with van der Waals surface area (Å²) in [5, 5.41) is 8.07.